The summed E-state index contributed by atoms with van der Waals surface area (Å²) in [5, 5.41) is 0. The van der Waals surface area contributed by atoms with Crippen LogP contribution in [-0.2, 0) is 19.1 Å². The molecule has 0 saturated heterocycles. The third-order valence-corrected chi connectivity index (χ3v) is 4.07. The molecule has 0 N–H and O–H groups in total. The Morgan fingerprint density at radius 2 is 1.65 bits per heavy atom. The SMILES string of the molecule is CCOC(=O)/C=C(/C=C(/C(=O)OCC)N(C)C)Sc1ccc(OC)cc1. The van der Waals surface area contributed by atoms with Crippen molar-refractivity contribution in [1.82, 2.24) is 4.90 Å². The van der Waals surface area contributed by atoms with E-state index in [0.717, 1.165) is 10.6 Å². The number of benzene rings is 1. The van der Waals surface area contributed by atoms with Gasteiger partial charge in [-0.05, 0) is 44.2 Å². The topological polar surface area (TPSA) is 65.1 Å². The lowest BCUT2D eigenvalue weighted by Gasteiger charge is -2.16. The maximum Gasteiger partial charge on any atom is 0.354 e. The number of esters is 2. The van der Waals surface area contributed by atoms with Gasteiger partial charge in [-0.1, -0.05) is 11.8 Å². The van der Waals surface area contributed by atoms with Gasteiger partial charge in [0.25, 0.3) is 0 Å². The van der Waals surface area contributed by atoms with Crippen molar-refractivity contribution in [2.24, 2.45) is 0 Å². The molecule has 0 amide bonds. The molecule has 26 heavy (non-hydrogen) atoms. The van der Waals surface area contributed by atoms with E-state index in [4.69, 9.17) is 14.2 Å². The van der Waals surface area contributed by atoms with Crippen LogP contribution in [0.5, 0.6) is 5.75 Å². The molecule has 0 aliphatic rings. The largest absolute Gasteiger partial charge is 0.497 e. The van der Waals surface area contributed by atoms with Gasteiger partial charge in [-0.25, -0.2) is 9.59 Å². The molecule has 0 unspecified atom stereocenters. The number of hydrogen-bond donors (Lipinski definition) is 0. The first-order chi connectivity index (χ1) is 12.4. The molecule has 0 saturated carbocycles. The quantitative estimate of drug-likeness (QED) is 0.282. The van der Waals surface area contributed by atoms with Crippen LogP contribution >= 0.6 is 11.8 Å². The van der Waals surface area contributed by atoms with E-state index in [1.807, 2.05) is 24.3 Å². The summed E-state index contributed by atoms with van der Waals surface area (Å²) in [6, 6.07) is 7.39. The maximum absolute atomic E-state index is 12.2. The Balaban J connectivity index is 3.19. The smallest absolute Gasteiger partial charge is 0.354 e. The standard InChI is InChI=1S/C19H25NO5S/c1-6-24-18(21)13-16(12-17(20(3)4)19(22)25-7-2)26-15-10-8-14(23-5)9-11-15/h8-13H,6-7H2,1-5H3/b16-13-,17-12-. The Labute approximate surface area is 158 Å². The van der Waals surface area contributed by atoms with E-state index in [1.165, 1.54) is 17.8 Å². The Bertz CT molecular complexity index is 665. The minimum Gasteiger partial charge on any atom is -0.497 e. The molecule has 0 aromatic heterocycles. The molecule has 142 valence electrons. The average molecular weight is 379 g/mol. The van der Waals surface area contributed by atoms with Crippen LogP contribution in [0, 0.1) is 0 Å². The fourth-order valence-corrected chi connectivity index (χ4v) is 2.76. The molecular weight excluding hydrogens is 354 g/mol. The van der Waals surface area contributed by atoms with Crippen LogP contribution in [0.15, 0.2) is 51.9 Å². The van der Waals surface area contributed by atoms with Crippen molar-refractivity contribution in [3.63, 3.8) is 0 Å². The number of carbonyl (C=O) groups is 2. The van der Waals surface area contributed by atoms with Gasteiger partial charge >= 0.3 is 11.9 Å². The third-order valence-electron chi connectivity index (χ3n) is 3.09. The van der Waals surface area contributed by atoms with Crippen molar-refractivity contribution in [2.75, 3.05) is 34.4 Å². The summed E-state index contributed by atoms with van der Waals surface area (Å²) in [5.74, 6) is -0.189. The van der Waals surface area contributed by atoms with Crippen molar-refractivity contribution in [3.8, 4) is 5.75 Å². The zero-order valence-corrected chi connectivity index (χ0v) is 16.6. The van der Waals surface area contributed by atoms with Gasteiger partial charge in [-0.3, -0.25) is 0 Å². The lowest BCUT2D eigenvalue weighted by molar-refractivity contribution is -0.140. The van der Waals surface area contributed by atoms with Gasteiger partial charge in [0, 0.05) is 30.0 Å². The fourth-order valence-electron chi connectivity index (χ4n) is 1.89. The number of thioether (sulfide) groups is 1. The number of likely N-dealkylation sites (N-methyl/N-ethyl adjacent to an activating group) is 1. The van der Waals surface area contributed by atoms with E-state index >= 15 is 0 Å². The summed E-state index contributed by atoms with van der Waals surface area (Å²) in [4.78, 5) is 27.2. The predicted molar refractivity (Wildman–Crippen MR) is 102 cm³/mol. The van der Waals surface area contributed by atoms with Crippen molar-refractivity contribution in [2.45, 2.75) is 18.7 Å². The lowest BCUT2D eigenvalue weighted by Crippen LogP contribution is -2.21. The number of carbonyl (C=O) groups excluding carboxylic acids is 2. The van der Waals surface area contributed by atoms with Crippen LogP contribution < -0.4 is 4.74 Å². The number of ether oxygens (including phenoxy) is 3. The predicted octanol–water partition coefficient (Wildman–Crippen LogP) is 3.24. The number of methoxy groups -OCH3 is 1. The third kappa shape index (κ3) is 7.23. The van der Waals surface area contributed by atoms with Gasteiger partial charge in [-0.2, -0.15) is 0 Å². The Kier molecular flexibility index (Phi) is 9.36. The molecule has 0 fully saturated rings. The van der Waals surface area contributed by atoms with Crippen LogP contribution in [-0.4, -0.2) is 51.3 Å². The molecule has 0 aliphatic carbocycles. The average Bonchev–Trinajstić information content (AvgIpc) is 2.60. The number of nitrogens with zero attached hydrogens (tertiary/aromatic N) is 1. The minimum atomic E-state index is -0.471. The molecule has 1 aromatic rings. The summed E-state index contributed by atoms with van der Waals surface area (Å²) in [5.41, 5.74) is 0.336. The zero-order valence-electron chi connectivity index (χ0n) is 15.8. The van der Waals surface area contributed by atoms with E-state index < -0.39 is 11.9 Å². The Morgan fingerprint density at radius 3 is 2.15 bits per heavy atom. The zero-order chi connectivity index (χ0) is 19.5. The molecule has 0 heterocycles. The molecule has 0 aliphatic heterocycles. The highest BCUT2D eigenvalue weighted by Crippen LogP contribution is 2.30. The Hall–Kier alpha value is -2.41. The molecular formula is C19H25NO5S. The van der Waals surface area contributed by atoms with Crippen LogP contribution in [0.25, 0.3) is 0 Å². The summed E-state index contributed by atoms with van der Waals surface area (Å²) in [6.45, 7) is 4.03. The first kappa shape index (κ1) is 21.6. The number of rotatable bonds is 9. The Morgan fingerprint density at radius 1 is 1.04 bits per heavy atom. The summed E-state index contributed by atoms with van der Waals surface area (Å²) in [7, 11) is 5.07. The second kappa shape index (κ2) is 11.3. The van der Waals surface area contributed by atoms with E-state index in [9.17, 15) is 9.59 Å². The molecule has 0 radical (unpaired) electrons. The minimum absolute atomic E-state index is 0.270. The van der Waals surface area contributed by atoms with Crippen molar-refractivity contribution in [1.29, 1.82) is 0 Å². The summed E-state index contributed by atoms with van der Waals surface area (Å²) >= 11 is 1.34. The van der Waals surface area contributed by atoms with E-state index in [1.54, 1.807) is 46.0 Å². The molecule has 1 aromatic carbocycles. The van der Waals surface area contributed by atoms with Crippen molar-refractivity contribution in [3.05, 3.63) is 47.0 Å². The van der Waals surface area contributed by atoms with Gasteiger partial charge in [0.1, 0.15) is 11.4 Å². The first-order valence-electron chi connectivity index (χ1n) is 8.17. The second-order valence-corrected chi connectivity index (χ2v) is 6.37. The number of hydrogen-bond acceptors (Lipinski definition) is 7. The molecule has 0 spiro atoms. The van der Waals surface area contributed by atoms with E-state index in [2.05, 4.69) is 0 Å². The van der Waals surface area contributed by atoms with E-state index in [-0.39, 0.29) is 13.2 Å². The fraction of sp³-hybridized carbons (Fsp3) is 0.368. The molecule has 0 atom stereocenters. The normalized spacial score (nSPS) is 11.7. The van der Waals surface area contributed by atoms with E-state index in [0.29, 0.717) is 10.6 Å². The molecule has 7 heteroatoms. The highest BCUT2D eigenvalue weighted by atomic mass is 32.2. The molecule has 0 bridgehead atoms. The highest BCUT2D eigenvalue weighted by molar-refractivity contribution is 8.03. The van der Waals surface area contributed by atoms with Gasteiger partial charge < -0.3 is 19.1 Å². The van der Waals surface area contributed by atoms with Gasteiger partial charge in [0.15, 0.2) is 0 Å². The number of allylic oxidation sites excluding steroid dienone is 1. The van der Waals surface area contributed by atoms with Crippen LogP contribution in [0.4, 0.5) is 0 Å². The van der Waals surface area contributed by atoms with Gasteiger partial charge in [0.2, 0.25) is 0 Å². The summed E-state index contributed by atoms with van der Waals surface area (Å²) < 4.78 is 15.2. The molecule has 1 rings (SSSR count). The monoisotopic (exact) mass is 379 g/mol. The van der Waals surface area contributed by atoms with Crippen LogP contribution in [0.1, 0.15) is 13.8 Å². The van der Waals surface area contributed by atoms with Crippen LogP contribution in [0.3, 0.4) is 0 Å². The molecule has 6 nitrogen and oxygen atoms in total. The first-order valence-corrected chi connectivity index (χ1v) is 8.99. The lowest BCUT2D eigenvalue weighted by atomic mass is 10.3. The van der Waals surface area contributed by atoms with Crippen molar-refractivity contribution >= 4 is 23.7 Å². The van der Waals surface area contributed by atoms with Crippen molar-refractivity contribution < 1.29 is 23.8 Å². The van der Waals surface area contributed by atoms with Gasteiger partial charge in [-0.15, -0.1) is 0 Å². The second-order valence-electron chi connectivity index (χ2n) is 5.22. The highest BCUT2D eigenvalue weighted by Gasteiger charge is 2.15. The summed E-state index contributed by atoms with van der Waals surface area (Å²) in [6.07, 6.45) is 2.98. The maximum atomic E-state index is 12.2. The van der Waals surface area contributed by atoms with Crippen LogP contribution in [0.2, 0.25) is 0 Å². The van der Waals surface area contributed by atoms with Gasteiger partial charge in [0.05, 0.1) is 20.3 Å².